The lowest BCUT2D eigenvalue weighted by Gasteiger charge is -2.33. The molecule has 0 aromatic carbocycles. The molecule has 0 aromatic rings. The van der Waals surface area contributed by atoms with Crippen molar-refractivity contribution in [2.45, 2.75) is 37.4 Å². The minimum atomic E-state index is -1.87. The predicted octanol–water partition coefficient (Wildman–Crippen LogP) is -2.91. The second kappa shape index (κ2) is 4.85. The molecule has 0 bridgehead atoms. The molecule has 3 unspecified atom stereocenters. The quantitative estimate of drug-likeness (QED) is 0.260. The highest BCUT2D eigenvalue weighted by Gasteiger charge is 2.33. The molecule has 0 saturated carbocycles. The first-order valence-corrected chi connectivity index (χ1v) is 4.04. The third-order valence-electron chi connectivity index (χ3n) is 2.15. The van der Waals surface area contributed by atoms with Gasteiger partial charge >= 0.3 is 0 Å². The third-order valence-corrected chi connectivity index (χ3v) is 2.15. The van der Waals surface area contributed by atoms with Gasteiger partial charge < -0.3 is 31.9 Å². The Kier molecular flexibility index (Phi) is 4.76. The summed E-state index contributed by atoms with van der Waals surface area (Å²) in [7, 11) is 0. The molecule has 8 N–H and O–H groups in total. The van der Waals surface area contributed by atoms with E-state index in [0.717, 1.165) is 0 Å². The lowest BCUT2D eigenvalue weighted by atomic mass is 9.88. The van der Waals surface area contributed by atoms with Crippen LogP contribution in [0.4, 0.5) is 0 Å². The molecule has 0 saturated heterocycles. The number of aliphatic hydroxyl groups excluding tert-OH is 3. The molecular weight excluding hydrogens is 176 g/mol. The van der Waals surface area contributed by atoms with E-state index in [9.17, 15) is 5.11 Å². The largest absolute Gasteiger partial charge is 0.391 e. The standard InChI is InChI=1S/C7H18N2O4/c1-4(10)7(9,3-8)2-5(11)6(12)13/h4-6,10-13H,2-3,8-9H2,1H3. The Hall–Kier alpha value is -0.240. The molecule has 0 aromatic heterocycles. The number of nitrogens with two attached hydrogens (primary N) is 2. The Morgan fingerprint density at radius 1 is 1.23 bits per heavy atom. The van der Waals surface area contributed by atoms with E-state index in [-0.39, 0.29) is 13.0 Å². The maximum absolute atomic E-state index is 9.22. The molecule has 6 heteroatoms. The maximum atomic E-state index is 9.22. The summed E-state index contributed by atoms with van der Waals surface area (Å²) in [6, 6.07) is 0. The molecule has 0 radical (unpaired) electrons. The van der Waals surface area contributed by atoms with E-state index in [1.54, 1.807) is 0 Å². The van der Waals surface area contributed by atoms with Crippen LogP contribution in [0.25, 0.3) is 0 Å². The van der Waals surface area contributed by atoms with Crippen molar-refractivity contribution in [2.24, 2.45) is 11.5 Å². The Morgan fingerprint density at radius 2 is 1.69 bits per heavy atom. The summed E-state index contributed by atoms with van der Waals surface area (Å²) >= 11 is 0. The lowest BCUT2D eigenvalue weighted by molar-refractivity contribution is -0.132. The zero-order valence-electron chi connectivity index (χ0n) is 7.59. The normalized spacial score (nSPS) is 21.2. The summed E-state index contributed by atoms with van der Waals surface area (Å²) < 4.78 is 0. The van der Waals surface area contributed by atoms with Gasteiger partial charge in [0.15, 0.2) is 6.29 Å². The molecule has 0 fully saturated rings. The Labute approximate surface area is 76.8 Å². The molecule has 80 valence electrons. The van der Waals surface area contributed by atoms with Crippen LogP contribution < -0.4 is 11.5 Å². The van der Waals surface area contributed by atoms with Crippen molar-refractivity contribution in [3.63, 3.8) is 0 Å². The molecule has 0 amide bonds. The molecule has 0 aliphatic heterocycles. The molecule has 0 aliphatic rings. The van der Waals surface area contributed by atoms with Crippen LogP contribution in [0, 0.1) is 0 Å². The van der Waals surface area contributed by atoms with Gasteiger partial charge in [-0.15, -0.1) is 0 Å². The van der Waals surface area contributed by atoms with Crippen molar-refractivity contribution >= 4 is 0 Å². The number of rotatable bonds is 5. The van der Waals surface area contributed by atoms with Gasteiger partial charge in [-0.1, -0.05) is 0 Å². The number of hydrogen-bond acceptors (Lipinski definition) is 6. The van der Waals surface area contributed by atoms with E-state index in [4.69, 9.17) is 26.8 Å². The Morgan fingerprint density at radius 3 is 1.92 bits per heavy atom. The monoisotopic (exact) mass is 194 g/mol. The van der Waals surface area contributed by atoms with Crippen molar-refractivity contribution in [3.8, 4) is 0 Å². The first kappa shape index (κ1) is 12.8. The van der Waals surface area contributed by atoms with Gasteiger partial charge in [-0.05, 0) is 13.3 Å². The fourth-order valence-electron chi connectivity index (χ4n) is 0.919. The van der Waals surface area contributed by atoms with E-state index in [1.165, 1.54) is 6.92 Å². The van der Waals surface area contributed by atoms with Crippen molar-refractivity contribution in [1.82, 2.24) is 0 Å². The average Bonchev–Trinajstić information content (AvgIpc) is 2.03. The van der Waals surface area contributed by atoms with Gasteiger partial charge in [0.2, 0.25) is 0 Å². The Balaban J connectivity index is 4.27. The van der Waals surface area contributed by atoms with E-state index in [0.29, 0.717) is 0 Å². The summed E-state index contributed by atoms with van der Waals surface area (Å²) in [6.07, 6.45) is -4.36. The van der Waals surface area contributed by atoms with Crippen LogP contribution in [0.5, 0.6) is 0 Å². The van der Waals surface area contributed by atoms with E-state index < -0.39 is 24.0 Å². The van der Waals surface area contributed by atoms with Gasteiger partial charge in [0.1, 0.15) is 6.10 Å². The zero-order valence-corrected chi connectivity index (χ0v) is 7.59. The smallest absolute Gasteiger partial charge is 0.178 e. The van der Waals surface area contributed by atoms with Gasteiger partial charge in [0.25, 0.3) is 0 Å². The minimum absolute atomic E-state index is 0.0472. The highest BCUT2D eigenvalue weighted by atomic mass is 16.5. The van der Waals surface area contributed by atoms with Crippen LogP contribution in [0.2, 0.25) is 0 Å². The first-order chi connectivity index (χ1) is 5.83. The number of aliphatic hydroxyl groups is 4. The highest BCUT2D eigenvalue weighted by Crippen LogP contribution is 2.14. The second-order valence-electron chi connectivity index (χ2n) is 3.30. The average molecular weight is 194 g/mol. The van der Waals surface area contributed by atoms with Crippen LogP contribution in [-0.4, -0.2) is 51.0 Å². The molecule has 6 nitrogen and oxygen atoms in total. The van der Waals surface area contributed by atoms with Crippen molar-refractivity contribution in [1.29, 1.82) is 0 Å². The van der Waals surface area contributed by atoms with Crippen molar-refractivity contribution in [2.75, 3.05) is 6.54 Å². The van der Waals surface area contributed by atoms with Gasteiger partial charge in [-0.2, -0.15) is 0 Å². The van der Waals surface area contributed by atoms with Crippen LogP contribution >= 0.6 is 0 Å². The first-order valence-electron chi connectivity index (χ1n) is 4.04. The SMILES string of the molecule is CC(O)C(N)(CN)CC(O)C(O)O. The third kappa shape index (κ3) is 3.55. The molecule has 13 heavy (non-hydrogen) atoms. The molecular formula is C7H18N2O4. The van der Waals surface area contributed by atoms with E-state index >= 15 is 0 Å². The van der Waals surface area contributed by atoms with Crippen LogP contribution in [0.3, 0.4) is 0 Å². The van der Waals surface area contributed by atoms with Crippen LogP contribution in [0.15, 0.2) is 0 Å². The molecule has 0 aliphatic carbocycles. The minimum Gasteiger partial charge on any atom is -0.391 e. The van der Waals surface area contributed by atoms with E-state index in [1.807, 2.05) is 0 Å². The fraction of sp³-hybridized carbons (Fsp3) is 1.00. The van der Waals surface area contributed by atoms with Gasteiger partial charge in [0.05, 0.1) is 11.6 Å². The van der Waals surface area contributed by atoms with Crippen molar-refractivity contribution in [3.05, 3.63) is 0 Å². The fourth-order valence-corrected chi connectivity index (χ4v) is 0.919. The highest BCUT2D eigenvalue weighted by molar-refractivity contribution is 4.92. The zero-order chi connectivity index (χ0) is 10.6. The summed E-state index contributed by atoms with van der Waals surface area (Å²) in [5.74, 6) is 0. The van der Waals surface area contributed by atoms with Crippen LogP contribution in [0.1, 0.15) is 13.3 Å². The van der Waals surface area contributed by atoms with Gasteiger partial charge in [-0.25, -0.2) is 0 Å². The predicted molar refractivity (Wildman–Crippen MR) is 46.5 cm³/mol. The summed E-state index contributed by atoms with van der Waals surface area (Å²) in [4.78, 5) is 0. The maximum Gasteiger partial charge on any atom is 0.178 e. The molecule has 3 atom stereocenters. The molecule has 0 spiro atoms. The van der Waals surface area contributed by atoms with Gasteiger partial charge in [0, 0.05) is 6.54 Å². The van der Waals surface area contributed by atoms with Gasteiger partial charge in [-0.3, -0.25) is 0 Å². The molecule has 0 heterocycles. The summed E-state index contributed by atoms with van der Waals surface area (Å²) in [5.41, 5.74) is 9.73. The Bertz CT molecular complexity index is 153. The summed E-state index contributed by atoms with van der Waals surface area (Å²) in [6.45, 7) is 1.39. The van der Waals surface area contributed by atoms with E-state index in [2.05, 4.69) is 0 Å². The van der Waals surface area contributed by atoms with Crippen molar-refractivity contribution < 1.29 is 20.4 Å². The lowest BCUT2D eigenvalue weighted by Crippen LogP contribution is -2.58. The van der Waals surface area contributed by atoms with Crippen LogP contribution in [-0.2, 0) is 0 Å². The summed E-state index contributed by atoms with van der Waals surface area (Å²) in [5, 5.41) is 35.5. The second-order valence-corrected chi connectivity index (χ2v) is 3.30. The number of hydrogen-bond donors (Lipinski definition) is 6. The molecule has 0 rings (SSSR count). The topological polar surface area (TPSA) is 133 Å².